The van der Waals surface area contributed by atoms with Gasteiger partial charge in [-0.3, -0.25) is 4.40 Å². The lowest BCUT2D eigenvalue weighted by Crippen LogP contribution is -2.28. The summed E-state index contributed by atoms with van der Waals surface area (Å²) in [6, 6.07) is 9.62. The molecule has 6 nitrogen and oxygen atoms in total. The summed E-state index contributed by atoms with van der Waals surface area (Å²) >= 11 is 0. The average molecular weight is 392 g/mol. The number of aromatic nitrogens is 3. The Balaban J connectivity index is 1.61. The third-order valence-corrected chi connectivity index (χ3v) is 4.80. The Labute approximate surface area is 159 Å². The molecule has 1 fully saturated rings. The van der Waals surface area contributed by atoms with E-state index in [4.69, 9.17) is 0 Å². The van der Waals surface area contributed by atoms with Gasteiger partial charge in [-0.2, -0.15) is 0 Å². The zero-order valence-electron chi connectivity index (χ0n) is 14.9. The van der Waals surface area contributed by atoms with Crippen LogP contribution in [-0.4, -0.2) is 38.2 Å². The minimum atomic E-state index is -4.75. The number of hydrogen-bond acceptors (Lipinski definition) is 5. The van der Waals surface area contributed by atoms with Crippen LogP contribution < -0.4 is 10.1 Å². The molecule has 2 aromatic heterocycles. The quantitative estimate of drug-likeness (QED) is 0.702. The molecule has 148 valence electrons. The number of nitrogens with one attached hydrogen (secondary N) is 1. The maximum absolute atomic E-state index is 12.5. The molecule has 9 heteroatoms. The van der Waals surface area contributed by atoms with Gasteiger partial charge in [-0.05, 0) is 49.9 Å². The number of halogens is 3. The highest BCUT2D eigenvalue weighted by Crippen LogP contribution is 2.28. The second kappa shape index (κ2) is 7.31. The summed E-state index contributed by atoms with van der Waals surface area (Å²) in [5.74, 6) is 0.113. The monoisotopic (exact) mass is 392 g/mol. The molecule has 4 rings (SSSR count). The minimum absolute atomic E-state index is 0.226. The van der Waals surface area contributed by atoms with E-state index in [1.807, 2.05) is 12.3 Å². The van der Waals surface area contributed by atoms with Gasteiger partial charge in [-0.1, -0.05) is 12.1 Å². The molecule has 1 saturated carbocycles. The van der Waals surface area contributed by atoms with Gasteiger partial charge in [0, 0.05) is 17.8 Å². The normalized spacial score (nSPS) is 20.3. The molecule has 2 heterocycles. The number of ether oxygens (including phenoxy) is 1. The largest absolute Gasteiger partial charge is 0.573 e. The van der Waals surface area contributed by atoms with Crippen LogP contribution in [0.1, 0.15) is 25.7 Å². The van der Waals surface area contributed by atoms with E-state index >= 15 is 0 Å². The summed E-state index contributed by atoms with van der Waals surface area (Å²) in [5, 5.41) is 21.3. The fraction of sp³-hybridized carbons (Fsp3) is 0.368. The predicted octanol–water partition coefficient (Wildman–Crippen LogP) is 4.01. The predicted molar refractivity (Wildman–Crippen MR) is 97.0 cm³/mol. The Morgan fingerprint density at radius 3 is 2.61 bits per heavy atom. The number of nitrogens with zero attached hydrogens (tertiary/aromatic N) is 3. The van der Waals surface area contributed by atoms with E-state index < -0.39 is 6.36 Å². The van der Waals surface area contributed by atoms with Crippen LogP contribution in [0.4, 0.5) is 18.9 Å². The number of aliphatic hydroxyl groups excluding tert-OH is 1. The lowest BCUT2D eigenvalue weighted by molar-refractivity contribution is -0.274. The first kappa shape index (κ1) is 18.5. The van der Waals surface area contributed by atoms with E-state index in [0.29, 0.717) is 17.0 Å². The van der Waals surface area contributed by atoms with Crippen molar-refractivity contribution in [2.24, 2.45) is 0 Å². The van der Waals surface area contributed by atoms with E-state index in [2.05, 4.69) is 20.3 Å². The molecule has 0 radical (unpaired) electrons. The van der Waals surface area contributed by atoms with Gasteiger partial charge in [0.1, 0.15) is 5.75 Å². The molecule has 0 atom stereocenters. The van der Waals surface area contributed by atoms with Crippen LogP contribution >= 0.6 is 0 Å². The second-order valence-electron chi connectivity index (χ2n) is 6.90. The number of benzene rings is 1. The van der Waals surface area contributed by atoms with Crippen molar-refractivity contribution in [1.29, 1.82) is 0 Å². The van der Waals surface area contributed by atoms with E-state index in [-0.39, 0.29) is 17.9 Å². The smallest absolute Gasteiger partial charge is 0.406 e. The van der Waals surface area contributed by atoms with Crippen LogP contribution in [0, 0.1) is 0 Å². The number of aliphatic hydroxyl groups is 1. The van der Waals surface area contributed by atoms with Gasteiger partial charge in [0.2, 0.25) is 0 Å². The molecule has 3 aromatic rings. The number of alkyl halides is 3. The topological polar surface area (TPSA) is 71.7 Å². The lowest BCUT2D eigenvalue weighted by Gasteiger charge is -2.27. The van der Waals surface area contributed by atoms with Crippen LogP contribution in [0.15, 0.2) is 42.6 Å². The van der Waals surface area contributed by atoms with Gasteiger partial charge < -0.3 is 15.2 Å². The highest BCUT2D eigenvalue weighted by molar-refractivity contribution is 5.63. The average Bonchev–Trinajstić information content (AvgIpc) is 3.06. The van der Waals surface area contributed by atoms with Crippen LogP contribution in [0.5, 0.6) is 5.75 Å². The third-order valence-electron chi connectivity index (χ3n) is 4.80. The van der Waals surface area contributed by atoms with Gasteiger partial charge >= 0.3 is 6.36 Å². The molecule has 28 heavy (non-hydrogen) atoms. The number of pyridine rings is 1. The Morgan fingerprint density at radius 1 is 1.07 bits per heavy atom. The molecule has 0 bridgehead atoms. The van der Waals surface area contributed by atoms with Gasteiger partial charge in [-0.25, -0.2) is 0 Å². The van der Waals surface area contributed by atoms with Gasteiger partial charge in [0.15, 0.2) is 11.5 Å². The highest BCUT2D eigenvalue weighted by Gasteiger charge is 2.31. The first-order valence-corrected chi connectivity index (χ1v) is 9.03. The Morgan fingerprint density at radius 2 is 1.86 bits per heavy atom. The van der Waals surface area contributed by atoms with Crippen LogP contribution in [0.2, 0.25) is 0 Å². The van der Waals surface area contributed by atoms with Crippen LogP contribution in [-0.2, 0) is 0 Å². The van der Waals surface area contributed by atoms with Gasteiger partial charge in [0.25, 0.3) is 0 Å². The summed E-state index contributed by atoms with van der Waals surface area (Å²) in [6.45, 7) is 0. The van der Waals surface area contributed by atoms with Crippen molar-refractivity contribution in [2.75, 3.05) is 5.32 Å². The molecule has 2 N–H and O–H groups in total. The molecule has 0 saturated heterocycles. The summed E-state index contributed by atoms with van der Waals surface area (Å²) in [4.78, 5) is 0. The third kappa shape index (κ3) is 4.19. The number of anilines is 1. The van der Waals surface area contributed by atoms with E-state index in [1.54, 1.807) is 16.5 Å². The van der Waals surface area contributed by atoms with Crippen molar-refractivity contribution in [3.63, 3.8) is 0 Å². The molecule has 0 unspecified atom stereocenters. The lowest BCUT2D eigenvalue weighted by atomic mass is 9.93. The molecule has 0 spiro atoms. The highest BCUT2D eigenvalue weighted by atomic mass is 19.4. The maximum atomic E-state index is 12.5. The first-order chi connectivity index (χ1) is 13.4. The summed E-state index contributed by atoms with van der Waals surface area (Å²) in [5.41, 5.74) is 1.91. The summed E-state index contributed by atoms with van der Waals surface area (Å²) in [6.07, 6.45) is 0.142. The number of fused-ring (bicyclic) bond motifs is 1. The van der Waals surface area contributed by atoms with E-state index in [1.165, 1.54) is 18.2 Å². The first-order valence-electron chi connectivity index (χ1n) is 9.03. The van der Waals surface area contributed by atoms with Crippen molar-refractivity contribution < 1.29 is 23.0 Å². The zero-order chi connectivity index (χ0) is 19.7. The standard InChI is InChI=1S/C19H19F3N4O2/c20-19(21,22)28-16-3-1-2-12(10-16)18-25-24-17-9-6-14(11-26(17)18)23-13-4-7-15(27)8-5-13/h1-3,6,9-11,13,15,23,27H,4-5,7-8H2. The number of rotatable bonds is 4. The molecule has 0 aliphatic heterocycles. The van der Waals surface area contributed by atoms with Crippen LogP contribution in [0.25, 0.3) is 17.0 Å². The zero-order valence-corrected chi connectivity index (χ0v) is 14.9. The minimum Gasteiger partial charge on any atom is -0.406 e. The SMILES string of the molecule is OC1CCC(Nc2ccc3nnc(-c4cccc(OC(F)(F)F)c4)n3c2)CC1. The molecule has 1 aliphatic carbocycles. The van der Waals surface area contributed by atoms with Crippen molar-refractivity contribution in [3.8, 4) is 17.1 Å². The fourth-order valence-electron chi connectivity index (χ4n) is 3.46. The summed E-state index contributed by atoms with van der Waals surface area (Å²) in [7, 11) is 0. The molecule has 1 aromatic carbocycles. The Kier molecular flexibility index (Phi) is 4.84. The van der Waals surface area contributed by atoms with Gasteiger partial charge in [-0.15, -0.1) is 23.4 Å². The van der Waals surface area contributed by atoms with Crippen molar-refractivity contribution in [2.45, 2.75) is 44.2 Å². The second-order valence-corrected chi connectivity index (χ2v) is 6.90. The van der Waals surface area contributed by atoms with Gasteiger partial charge in [0.05, 0.1) is 11.8 Å². The summed E-state index contributed by atoms with van der Waals surface area (Å²) < 4.78 is 43.2. The Hall–Kier alpha value is -2.81. The van der Waals surface area contributed by atoms with Crippen molar-refractivity contribution >= 4 is 11.3 Å². The van der Waals surface area contributed by atoms with Crippen molar-refractivity contribution in [1.82, 2.24) is 14.6 Å². The Bertz CT molecular complexity index is 965. The number of hydrogen-bond donors (Lipinski definition) is 2. The molecular formula is C19H19F3N4O2. The molecule has 0 amide bonds. The molecule has 1 aliphatic rings. The fourth-order valence-corrected chi connectivity index (χ4v) is 3.46. The van der Waals surface area contributed by atoms with Crippen LogP contribution in [0.3, 0.4) is 0 Å². The van der Waals surface area contributed by atoms with E-state index in [9.17, 15) is 18.3 Å². The maximum Gasteiger partial charge on any atom is 0.573 e. The molecular weight excluding hydrogens is 373 g/mol. The van der Waals surface area contributed by atoms with E-state index in [0.717, 1.165) is 31.4 Å². The van der Waals surface area contributed by atoms with Crippen molar-refractivity contribution in [3.05, 3.63) is 42.6 Å².